The van der Waals surface area contributed by atoms with Gasteiger partial charge >= 0.3 is 0 Å². The van der Waals surface area contributed by atoms with Gasteiger partial charge in [-0.2, -0.15) is 0 Å². The van der Waals surface area contributed by atoms with E-state index in [1.165, 1.54) is 0 Å². The van der Waals surface area contributed by atoms with Gasteiger partial charge in [0.2, 0.25) is 5.91 Å². The molecular weight excluding hydrogens is 678 g/mol. The van der Waals surface area contributed by atoms with E-state index in [9.17, 15) is 35.4 Å². The Morgan fingerprint density at radius 2 is 1.58 bits per heavy atom. The largest absolute Gasteiger partial charge is 0.511 e. The Bertz CT molecular complexity index is 1990. The smallest absolute Gasteiger partial charge is 0.220 e. The van der Waals surface area contributed by atoms with Crippen LogP contribution in [0.25, 0.3) is 0 Å². The molecule has 6 heterocycles. The summed E-state index contributed by atoms with van der Waals surface area (Å²) in [6.07, 6.45) is 1.75. The van der Waals surface area contributed by atoms with Crippen molar-refractivity contribution in [1.29, 1.82) is 0 Å². The molecule has 0 aromatic heterocycles. The highest BCUT2D eigenvalue weighted by Gasteiger charge is 2.44. The molecule has 7 aliphatic rings. The molecule has 1 aliphatic carbocycles. The normalized spacial score (nSPS) is 30.9. The Kier molecular flexibility index (Phi) is 10.2. The lowest BCUT2D eigenvalue weighted by atomic mass is 9.86. The second kappa shape index (κ2) is 14.5. The van der Waals surface area contributed by atoms with Crippen LogP contribution in [0.4, 0.5) is 0 Å². The SMILES string of the molecule is CCC1=C(C)C2=NC1=CC1=C(C)C3=C(O)CC(=C4NC(=CC5=NC(=C2)C(CO)=C5C)[C@@H](C)[C@@H]4CCC(=O)NCC[C@@H]2O[C@H](CO)[C@H](O)[C@H](O)[C@H]2O)C3=N1. The molecule has 0 spiro atoms. The van der Waals surface area contributed by atoms with Crippen LogP contribution in [-0.2, 0) is 9.53 Å². The van der Waals surface area contributed by atoms with Crippen molar-refractivity contribution in [3.63, 3.8) is 0 Å². The number of ether oxygens (including phenoxy) is 1. The molecular formula is C40H49N5O8. The number of fused-ring (bicyclic) bond motifs is 5. The first-order chi connectivity index (χ1) is 25.4. The van der Waals surface area contributed by atoms with E-state index in [2.05, 4.69) is 31.4 Å². The summed E-state index contributed by atoms with van der Waals surface area (Å²) in [7, 11) is 0. The number of carbonyl (C=O) groups excluding carboxylic acids is 1. The summed E-state index contributed by atoms with van der Waals surface area (Å²) in [4.78, 5) is 28.3. The lowest BCUT2D eigenvalue weighted by Gasteiger charge is -2.40. The molecule has 8 bridgehead atoms. The topological polar surface area (TPSA) is 209 Å². The van der Waals surface area contributed by atoms with Crippen LogP contribution in [-0.4, -0.2) is 104 Å². The summed E-state index contributed by atoms with van der Waals surface area (Å²) in [6.45, 7) is 9.66. The van der Waals surface area contributed by atoms with Crippen molar-refractivity contribution in [2.75, 3.05) is 19.8 Å². The van der Waals surface area contributed by atoms with Crippen molar-refractivity contribution >= 4 is 23.0 Å². The average Bonchev–Trinajstić information content (AvgIpc) is 3.89. The summed E-state index contributed by atoms with van der Waals surface area (Å²) in [5.41, 5.74) is 12.6. The molecule has 53 heavy (non-hydrogen) atoms. The Labute approximate surface area is 308 Å². The monoisotopic (exact) mass is 727 g/mol. The summed E-state index contributed by atoms with van der Waals surface area (Å²) >= 11 is 0. The van der Waals surface area contributed by atoms with Crippen LogP contribution in [0.1, 0.15) is 66.7 Å². The number of amides is 1. The number of hydrogen-bond donors (Lipinski definition) is 8. The van der Waals surface area contributed by atoms with E-state index in [1.54, 1.807) is 0 Å². The van der Waals surface area contributed by atoms with Gasteiger partial charge in [-0.15, -0.1) is 0 Å². The van der Waals surface area contributed by atoms with E-state index < -0.39 is 37.1 Å². The van der Waals surface area contributed by atoms with Crippen LogP contribution >= 0.6 is 0 Å². The number of hydrogen-bond acceptors (Lipinski definition) is 12. The number of aliphatic hydroxyl groups is 6. The van der Waals surface area contributed by atoms with Gasteiger partial charge in [0.1, 0.15) is 30.2 Å². The summed E-state index contributed by atoms with van der Waals surface area (Å²) < 4.78 is 5.58. The van der Waals surface area contributed by atoms with E-state index in [4.69, 9.17) is 19.7 Å². The predicted molar refractivity (Wildman–Crippen MR) is 200 cm³/mol. The van der Waals surface area contributed by atoms with Gasteiger partial charge in [-0.3, -0.25) is 4.79 Å². The fraction of sp³-hybridized carbons (Fsp3) is 0.500. The first kappa shape index (κ1) is 37.1. The van der Waals surface area contributed by atoms with Gasteiger partial charge < -0.3 is 46.0 Å². The zero-order valence-corrected chi connectivity index (χ0v) is 30.8. The maximum atomic E-state index is 13.2. The minimum absolute atomic E-state index is 0.0577. The molecule has 6 aliphatic heterocycles. The van der Waals surface area contributed by atoms with Crippen molar-refractivity contribution < 1.29 is 40.2 Å². The van der Waals surface area contributed by atoms with Gasteiger partial charge in [-0.25, -0.2) is 15.0 Å². The average molecular weight is 728 g/mol. The lowest BCUT2D eigenvalue weighted by Crippen LogP contribution is -2.58. The maximum Gasteiger partial charge on any atom is 0.220 e. The van der Waals surface area contributed by atoms with Crippen molar-refractivity contribution in [3.8, 4) is 0 Å². The highest BCUT2D eigenvalue weighted by atomic mass is 16.5. The van der Waals surface area contributed by atoms with Crippen LogP contribution in [0.3, 0.4) is 0 Å². The van der Waals surface area contributed by atoms with Gasteiger partial charge in [0.15, 0.2) is 0 Å². The quantitative estimate of drug-likeness (QED) is 0.175. The maximum absolute atomic E-state index is 13.2. The van der Waals surface area contributed by atoms with Crippen LogP contribution in [0, 0.1) is 11.8 Å². The summed E-state index contributed by atoms with van der Waals surface area (Å²) in [5, 5.41) is 68.4. The van der Waals surface area contributed by atoms with Gasteiger partial charge in [-0.05, 0) is 80.6 Å². The standard InChI is InChI=1S/C40H49N5O8/c1-6-21-17(2)26-13-30-24(15-46)19(4)25(43-30)12-27-18(3)22(7-8-34(49)41-10-9-32-38(50)40(52)39(51)33(16-47)53-32)36(44-27)23-11-31(48)35-20(5)28(45-37(23)35)14-29(21)42-26/h12-14,18,22,32-33,38-40,44,46-48,50-52H,6-11,15-16H2,1-5H3,(H,41,49)/t18-,22-,32-,33+,38-,39-,40+/m0/s1. The van der Waals surface area contributed by atoms with Gasteiger partial charge in [-0.1, -0.05) is 13.8 Å². The zero-order valence-electron chi connectivity index (χ0n) is 30.8. The number of aliphatic hydroxyl groups excluding tert-OH is 6. The third-order valence-electron chi connectivity index (χ3n) is 11.8. The van der Waals surface area contributed by atoms with E-state index in [0.717, 1.165) is 85.4 Å². The molecule has 0 unspecified atom stereocenters. The fourth-order valence-electron chi connectivity index (χ4n) is 8.50. The van der Waals surface area contributed by atoms with Crippen molar-refractivity contribution in [2.24, 2.45) is 26.8 Å². The van der Waals surface area contributed by atoms with Gasteiger partial charge in [0.05, 0.1) is 53.5 Å². The number of nitrogens with zero attached hydrogens (tertiary/aromatic N) is 3. The fourth-order valence-corrected chi connectivity index (χ4v) is 8.50. The first-order valence-corrected chi connectivity index (χ1v) is 18.5. The van der Waals surface area contributed by atoms with Crippen LogP contribution in [0.15, 0.2) is 106 Å². The second-order valence-electron chi connectivity index (χ2n) is 14.8. The zero-order chi connectivity index (χ0) is 37.9. The predicted octanol–water partition coefficient (Wildman–Crippen LogP) is 2.78. The Balaban J connectivity index is 1.19. The number of nitrogens with one attached hydrogen (secondary N) is 2. The molecule has 0 aromatic rings. The molecule has 0 radical (unpaired) electrons. The van der Waals surface area contributed by atoms with E-state index >= 15 is 0 Å². The Morgan fingerprint density at radius 1 is 0.906 bits per heavy atom. The van der Waals surface area contributed by atoms with Crippen molar-refractivity contribution in [1.82, 2.24) is 10.6 Å². The van der Waals surface area contributed by atoms with Gasteiger partial charge in [0.25, 0.3) is 0 Å². The van der Waals surface area contributed by atoms with Gasteiger partial charge in [0, 0.05) is 59.3 Å². The molecule has 1 amide bonds. The number of rotatable bonds is 9. The third-order valence-corrected chi connectivity index (χ3v) is 11.8. The Hall–Kier alpha value is -4.24. The van der Waals surface area contributed by atoms with E-state index in [-0.39, 0.29) is 49.5 Å². The summed E-state index contributed by atoms with van der Waals surface area (Å²) in [5.74, 6) is -0.129. The number of aliphatic imine (C=N–C) groups is 3. The third kappa shape index (κ3) is 6.43. The highest BCUT2D eigenvalue weighted by molar-refractivity contribution is 6.21. The highest BCUT2D eigenvalue weighted by Crippen LogP contribution is 2.46. The van der Waals surface area contributed by atoms with Crippen LogP contribution in [0.5, 0.6) is 0 Å². The molecule has 282 valence electrons. The number of allylic oxidation sites excluding steroid dienone is 11. The molecule has 7 rings (SSSR count). The second-order valence-corrected chi connectivity index (χ2v) is 14.8. The van der Waals surface area contributed by atoms with Crippen LogP contribution < -0.4 is 10.6 Å². The molecule has 8 N–H and O–H groups in total. The Morgan fingerprint density at radius 3 is 2.28 bits per heavy atom. The molecule has 7 atom stereocenters. The molecule has 13 heteroatoms. The molecule has 13 nitrogen and oxygen atoms in total. The van der Waals surface area contributed by atoms with Crippen LogP contribution in [0.2, 0.25) is 0 Å². The molecule has 2 fully saturated rings. The first-order valence-electron chi connectivity index (χ1n) is 18.5. The van der Waals surface area contributed by atoms with E-state index in [0.29, 0.717) is 18.5 Å². The minimum atomic E-state index is -1.47. The summed E-state index contributed by atoms with van der Waals surface area (Å²) in [6, 6.07) is 0. The number of carbonyl (C=O) groups is 1. The minimum Gasteiger partial charge on any atom is -0.511 e. The van der Waals surface area contributed by atoms with Crippen molar-refractivity contribution in [3.05, 3.63) is 91.5 Å². The molecule has 0 aromatic carbocycles. The molecule has 2 saturated heterocycles. The molecule has 0 saturated carbocycles. The lowest BCUT2D eigenvalue weighted by molar-refractivity contribution is -0.229. The van der Waals surface area contributed by atoms with E-state index in [1.807, 2.05) is 32.1 Å². The van der Waals surface area contributed by atoms with Crippen molar-refractivity contribution in [2.45, 2.75) is 97.2 Å².